The molecule has 30 heavy (non-hydrogen) atoms. The van der Waals surface area contributed by atoms with E-state index in [1.165, 1.54) is 6.20 Å². The van der Waals surface area contributed by atoms with Gasteiger partial charge in [-0.05, 0) is 99.6 Å². The van der Waals surface area contributed by atoms with Crippen LogP contribution in [-0.4, -0.2) is 32.3 Å². The first kappa shape index (κ1) is 22.6. The van der Waals surface area contributed by atoms with Gasteiger partial charge in [0.2, 0.25) is 0 Å². The molecule has 0 amide bonds. The first-order valence-electron chi connectivity index (χ1n) is 8.83. The van der Waals surface area contributed by atoms with Crippen LogP contribution in [0.4, 0.5) is 0 Å². The summed E-state index contributed by atoms with van der Waals surface area (Å²) >= 11 is 4.28. The lowest BCUT2D eigenvalue weighted by molar-refractivity contribution is -0.138. The smallest absolute Gasteiger partial charge is 0.320 e. The van der Waals surface area contributed by atoms with Crippen LogP contribution < -0.4 is 10.5 Å². The van der Waals surface area contributed by atoms with E-state index in [1.54, 1.807) is 30.3 Å². The van der Waals surface area contributed by atoms with Gasteiger partial charge in [-0.25, -0.2) is 0 Å². The van der Waals surface area contributed by atoms with Crippen molar-refractivity contribution in [2.75, 3.05) is 0 Å². The van der Waals surface area contributed by atoms with Crippen LogP contribution in [-0.2, 0) is 17.6 Å². The van der Waals surface area contributed by atoms with Gasteiger partial charge in [-0.3, -0.25) is 9.78 Å². The molecule has 0 aliphatic heterocycles. The third-order valence-electron chi connectivity index (χ3n) is 4.28. The summed E-state index contributed by atoms with van der Waals surface area (Å²) in [7, 11) is 0. The molecule has 0 fully saturated rings. The Balaban J connectivity index is 1.82. The number of nitrogens with two attached hydrogens (primary N) is 1. The number of aliphatic carboxylic acids is 1. The van der Waals surface area contributed by atoms with E-state index in [-0.39, 0.29) is 17.9 Å². The number of ether oxygens (including phenoxy) is 1. The number of carboxylic acids is 1. The van der Waals surface area contributed by atoms with E-state index in [1.807, 2.05) is 12.1 Å². The number of hydrogen-bond donors (Lipinski definition) is 4. The lowest BCUT2D eigenvalue weighted by Crippen LogP contribution is -2.32. The molecule has 1 atom stereocenters. The number of rotatable bonds is 7. The summed E-state index contributed by atoms with van der Waals surface area (Å²) in [6.07, 6.45) is 1.96. The highest BCUT2D eigenvalue weighted by Gasteiger charge is 2.16. The molecule has 1 aromatic heterocycles. The van der Waals surface area contributed by atoms with Crippen LogP contribution in [0.5, 0.6) is 23.0 Å². The third-order valence-corrected chi connectivity index (χ3v) is 5.89. The van der Waals surface area contributed by atoms with Crippen molar-refractivity contribution < 1.29 is 24.9 Å². The first-order chi connectivity index (χ1) is 14.2. The van der Waals surface area contributed by atoms with Crippen LogP contribution in [0.25, 0.3) is 0 Å². The molecule has 0 bridgehead atoms. The zero-order valence-electron chi connectivity index (χ0n) is 15.5. The molecular formula is C21H18I2N2O5. The van der Waals surface area contributed by atoms with E-state index in [0.29, 0.717) is 29.2 Å². The number of hydrogen-bond acceptors (Lipinski definition) is 6. The Kier molecular flexibility index (Phi) is 7.36. The Hall–Kier alpha value is -2.12. The molecule has 5 N–H and O–H groups in total. The number of benzene rings is 2. The number of carboxylic acid groups (broad SMARTS) is 1. The molecule has 9 heteroatoms. The monoisotopic (exact) mass is 632 g/mol. The Bertz CT molecular complexity index is 1050. The number of carbonyl (C=O) groups is 1. The van der Waals surface area contributed by atoms with Crippen molar-refractivity contribution in [2.45, 2.75) is 18.9 Å². The maximum absolute atomic E-state index is 11.0. The molecule has 3 rings (SSSR count). The van der Waals surface area contributed by atoms with Gasteiger partial charge < -0.3 is 25.8 Å². The second-order valence-electron chi connectivity index (χ2n) is 6.61. The molecule has 0 radical (unpaired) electrons. The standard InChI is InChI=1S/C21H18I2N2O5/c22-16-5-11(7-18(24)21(28)29)6-17(23)20(16)30-15-3-4-19(27)12(9-15)8-13-1-2-14(26)10-25-13/h1-6,9-10,18,26-27H,7-8,24H2,(H,28,29). The van der Waals surface area contributed by atoms with Gasteiger partial charge in [0.25, 0.3) is 0 Å². The normalized spacial score (nSPS) is 11.8. The first-order valence-corrected chi connectivity index (χ1v) is 11.0. The SMILES string of the molecule is NC(Cc1cc(I)c(Oc2ccc(O)c(Cc3ccc(O)cn3)c2)c(I)c1)C(=O)O. The lowest BCUT2D eigenvalue weighted by Gasteiger charge is -2.14. The molecule has 0 saturated heterocycles. The van der Waals surface area contributed by atoms with Gasteiger partial charge in [-0.2, -0.15) is 0 Å². The number of aromatic hydroxyl groups is 2. The molecule has 0 spiro atoms. The fourth-order valence-electron chi connectivity index (χ4n) is 2.77. The number of nitrogens with zero attached hydrogens (tertiary/aromatic N) is 1. The average Bonchev–Trinajstić information content (AvgIpc) is 2.68. The van der Waals surface area contributed by atoms with Crippen molar-refractivity contribution in [2.24, 2.45) is 5.73 Å². The van der Waals surface area contributed by atoms with E-state index in [0.717, 1.165) is 12.7 Å². The van der Waals surface area contributed by atoms with Crippen LogP contribution in [0.3, 0.4) is 0 Å². The molecule has 2 aromatic carbocycles. The molecule has 0 aliphatic rings. The minimum Gasteiger partial charge on any atom is -0.508 e. The quantitative estimate of drug-likeness (QED) is 0.290. The number of pyridine rings is 1. The zero-order valence-corrected chi connectivity index (χ0v) is 19.9. The highest BCUT2D eigenvalue weighted by molar-refractivity contribution is 14.1. The average molecular weight is 632 g/mol. The maximum Gasteiger partial charge on any atom is 0.320 e. The van der Waals surface area contributed by atoms with Crippen molar-refractivity contribution in [3.05, 3.63) is 72.6 Å². The van der Waals surface area contributed by atoms with E-state index >= 15 is 0 Å². The lowest BCUT2D eigenvalue weighted by atomic mass is 10.1. The van der Waals surface area contributed by atoms with Crippen molar-refractivity contribution >= 4 is 51.2 Å². The van der Waals surface area contributed by atoms with Crippen molar-refractivity contribution in [1.29, 1.82) is 0 Å². The Morgan fingerprint density at radius 3 is 2.40 bits per heavy atom. The molecule has 156 valence electrons. The summed E-state index contributed by atoms with van der Waals surface area (Å²) < 4.78 is 7.71. The van der Waals surface area contributed by atoms with Gasteiger partial charge in [-0.1, -0.05) is 0 Å². The summed E-state index contributed by atoms with van der Waals surface area (Å²) in [6, 6.07) is 10.9. The van der Waals surface area contributed by atoms with Gasteiger partial charge in [0.1, 0.15) is 23.3 Å². The third kappa shape index (κ3) is 5.73. The molecule has 0 saturated carbocycles. The van der Waals surface area contributed by atoms with E-state index in [2.05, 4.69) is 50.2 Å². The topological polar surface area (TPSA) is 126 Å². The predicted molar refractivity (Wildman–Crippen MR) is 128 cm³/mol. The second kappa shape index (κ2) is 9.79. The van der Waals surface area contributed by atoms with Crippen molar-refractivity contribution in [3.63, 3.8) is 0 Å². The minimum absolute atomic E-state index is 0.0805. The summed E-state index contributed by atoms with van der Waals surface area (Å²) in [5.41, 5.74) is 7.79. The minimum atomic E-state index is -1.04. The second-order valence-corrected chi connectivity index (χ2v) is 8.94. The fraction of sp³-hybridized carbons (Fsp3) is 0.143. The Labute approximate surface area is 200 Å². The van der Waals surface area contributed by atoms with Crippen LogP contribution >= 0.6 is 45.2 Å². The fourth-order valence-corrected chi connectivity index (χ4v) is 4.89. The number of phenols is 1. The van der Waals surface area contributed by atoms with E-state index in [9.17, 15) is 15.0 Å². The summed E-state index contributed by atoms with van der Waals surface area (Å²) in [4.78, 5) is 15.1. The predicted octanol–water partition coefficient (Wildman–Crippen LogP) is 4.04. The molecule has 1 unspecified atom stereocenters. The number of halogens is 2. The molecule has 3 aromatic rings. The van der Waals surface area contributed by atoms with Gasteiger partial charge in [-0.15, -0.1) is 0 Å². The molecule has 0 aliphatic carbocycles. The van der Waals surface area contributed by atoms with Crippen molar-refractivity contribution in [3.8, 4) is 23.0 Å². The molecule has 7 nitrogen and oxygen atoms in total. The number of phenolic OH excluding ortho intramolecular Hbond substituents is 1. The van der Waals surface area contributed by atoms with Crippen molar-refractivity contribution in [1.82, 2.24) is 4.98 Å². The van der Waals surface area contributed by atoms with Gasteiger partial charge in [0.15, 0.2) is 5.75 Å². The summed E-state index contributed by atoms with van der Waals surface area (Å²) in [6.45, 7) is 0. The Morgan fingerprint density at radius 1 is 1.10 bits per heavy atom. The van der Waals surface area contributed by atoms with Gasteiger partial charge >= 0.3 is 5.97 Å². The van der Waals surface area contributed by atoms with E-state index < -0.39 is 12.0 Å². The van der Waals surface area contributed by atoms with E-state index in [4.69, 9.17) is 15.6 Å². The van der Waals surface area contributed by atoms with Crippen LogP contribution in [0.1, 0.15) is 16.8 Å². The van der Waals surface area contributed by atoms with Crippen LogP contribution in [0.2, 0.25) is 0 Å². The summed E-state index contributed by atoms with van der Waals surface area (Å²) in [5, 5.41) is 28.6. The van der Waals surface area contributed by atoms with Crippen LogP contribution in [0.15, 0.2) is 48.7 Å². The highest BCUT2D eigenvalue weighted by atomic mass is 127. The Morgan fingerprint density at radius 2 is 1.80 bits per heavy atom. The number of aromatic nitrogens is 1. The summed E-state index contributed by atoms with van der Waals surface area (Å²) in [5.74, 6) is 0.354. The van der Waals surface area contributed by atoms with Crippen LogP contribution in [0, 0.1) is 7.14 Å². The molecule has 1 heterocycles. The zero-order chi connectivity index (χ0) is 21.8. The largest absolute Gasteiger partial charge is 0.508 e. The van der Waals surface area contributed by atoms with Gasteiger partial charge in [0, 0.05) is 17.7 Å². The maximum atomic E-state index is 11.0. The van der Waals surface area contributed by atoms with Gasteiger partial charge in [0.05, 0.1) is 13.3 Å². The molecular weight excluding hydrogens is 614 g/mol. The highest BCUT2D eigenvalue weighted by Crippen LogP contribution is 2.35.